The van der Waals surface area contributed by atoms with Crippen molar-refractivity contribution in [2.75, 3.05) is 13.1 Å². The molecule has 5 nitrogen and oxygen atoms in total. The van der Waals surface area contributed by atoms with Crippen molar-refractivity contribution < 1.29 is 4.79 Å². The molecule has 0 radical (unpaired) electrons. The molecule has 5 heteroatoms. The largest absolute Gasteiger partial charge is 0.338 e. The molecule has 0 aliphatic carbocycles. The first-order valence-corrected chi connectivity index (χ1v) is 9.57. The highest BCUT2D eigenvalue weighted by atomic mass is 16.2. The van der Waals surface area contributed by atoms with Gasteiger partial charge in [0.1, 0.15) is 0 Å². The number of hydrogen-bond acceptors (Lipinski definition) is 3. The van der Waals surface area contributed by atoms with Crippen molar-refractivity contribution >= 4 is 5.91 Å². The van der Waals surface area contributed by atoms with Crippen LogP contribution in [-0.2, 0) is 17.8 Å². The van der Waals surface area contributed by atoms with Crippen LogP contribution in [0.25, 0.3) is 0 Å². The van der Waals surface area contributed by atoms with E-state index in [1.54, 1.807) is 0 Å². The van der Waals surface area contributed by atoms with Gasteiger partial charge < -0.3 is 10.6 Å². The zero-order valence-electron chi connectivity index (χ0n) is 16.2. The Balaban J connectivity index is 1.66. The van der Waals surface area contributed by atoms with Crippen molar-refractivity contribution in [1.29, 1.82) is 0 Å². The highest BCUT2D eigenvalue weighted by Gasteiger charge is 2.27. The highest BCUT2D eigenvalue weighted by molar-refractivity contribution is 5.77. The standard InChI is InChI=1S/C21H30N4O/c1-15-6-8-18(9-7-15)14-25-17(3)20(16(2)23-25)10-11-21(26)24-12-4-5-19(24)13-22/h6-9,19H,4-5,10-14,22H2,1-3H3/t19-/m0/s1. The monoisotopic (exact) mass is 354 g/mol. The van der Waals surface area contributed by atoms with Gasteiger partial charge in [0.25, 0.3) is 0 Å². The molecule has 1 saturated heterocycles. The fourth-order valence-corrected chi connectivity index (χ4v) is 3.90. The maximum atomic E-state index is 12.6. The first kappa shape index (κ1) is 18.6. The summed E-state index contributed by atoms with van der Waals surface area (Å²) in [6, 6.07) is 8.79. The lowest BCUT2D eigenvalue weighted by Crippen LogP contribution is -2.40. The number of aromatic nitrogens is 2. The minimum atomic E-state index is 0.225. The Morgan fingerprint density at radius 1 is 1.23 bits per heavy atom. The van der Waals surface area contributed by atoms with Crippen LogP contribution in [0.4, 0.5) is 0 Å². The lowest BCUT2D eigenvalue weighted by Gasteiger charge is -2.23. The highest BCUT2D eigenvalue weighted by Crippen LogP contribution is 2.20. The molecule has 1 amide bonds. The number of carbonyl (C=O) groups is 1. The van der Waals surface area contributed by atoms with E-state index in [9.17, 15) is 4.79 Å². The molecule has 1 atom stereocenters. The molecule has 1 fully saturated rings. The first-order valence-electron chi connectivity index (χ1n) is 9.57. The number of carbonyl (C=O) groups excluding carboxylic acids is 1. The summed E-state index contributed by atoms with van der Waals surface area (Å²) in [4.78, 5) is 14.6. The van der Waals surface area contributed by atoms with Gasteiger partial charge in [-0.2, -0.15) is 5.10 Å². The van der Waals surface area contributed by atoms with Crippen LogP contribution < -0.4 is 5.73 Å². The summed E-state index contributed by atoms with van der Waals surface area (Å²) >= 11 is 0. The molecule has 3 rings (SSSR count). The second-order valence-electron chi connectivity index (χ2n) is 7.41. The zero-order valence-corrected chi connectivity index (χ0v) is 16.2. The van der Waals surface area contributed by atoms with Crippen molar-refractivity contribution in [3.05, 3.63) is 52.3 Å². The van der Waals surface area contributed by atoms with Crippen molar-refractivity contribution in [1.82, 2.24) is 14.7 Å². The third-order valence-corrected chi connectivity index (χ3v) is 5.54. The molecule has 2 aromatic rings. The van der Waals surface area contributed by atoms with Crippen LogP contribution in [0.15, 0.2) is 24.3 Å². The van der Waals surface area contributed by atoms with E-state index < -0.39 is 0 Å². The molecule has 0 bridgehead atoms. The number of likely N-dealkylation sites (tertiary alicyclic amines) is 1. The zero-order chi connectivity index (χ0) is 18.7. The molecular formula is C21H30N4O. The van der Waals surface area contributed by atoms with Gasteiger partial charge in [0, 0.05) is 31.2 Å². The van der Waals surface area contributed by atoms with Gasteiger partial charge >= 0.3 is 0 Å². The Labute approximate surface area is 156 Å². The van der Waals surface area contributed by atoms with Crippen LogP contribution in [0.3, 0.4) is 0 Å². The van der Waals surface area contributed by atoms with E-state index in [-0.39, 0.29) is 11.9 Å². The summed E-state index contributed by atoms with van der Waals surface area (Å²) in [5, 5.41) is 4.71. The van der Waals surface area contributed by atoms with E-state index in [2.05, 4.69) is 42.8 Å². The van der Waals surface area contributed by atoms with Crippen LogP contribution >= 0.6 is 0 Å². The van der Waals surface area contributed by atoms with E-state index in [4.69, 9.17) is 10.8 Å². The fourth-order valence-electron chi connectivity index (χ4n) is 3.90. The molecule has 2 heterocycles. The number of hydrogen-bond donors (Lipinski definition) is 1. The Hall–Kier alpha value is -2.14. The van der Waals surface area contributed by atoms with Crippen molar-refractivity contribution in [2.45, 2.75) is 59.0 Å². The lowest BCUT2D eigenvalue weighted by molar-refractivity contribution is -0.131. The van der Waals surface area contributed by atoms with Crippen LogP contribution in [0.1, 0.15) is 47.3 Å². The van der Waals surface area contributed by atoms with Gasteiger partial charge in [-0.05, 0) is 51.2 Å². The molecule has 0 spiro atoms. The molecule has 1 aromatic heterocycles. The molecule has 0 unspecified atom stereocenters. The van der Waals surface area contributed by atoms with Crippen LogP contribution in [-0.4, -0.2) is 39.7 Å². The Morgan fingerprint density at radius 3 is 2.65 bits per heavy atom. The van der Waals surface area contributed by atoms with Crippen molar-refractivity contribution in [3.63, 3.8) is 0 Å². The molecule has 2 N–H and O–H groups in total. The molecule has 26 heavy (non-hydrogen) atoms. The third-order valence-electron chi connectivity index (χ3n) is 5.54. The van der Waals surface area contributed by atoms with E-state index in [1.807, 2.05) is 11.8 Å². The Kier molecular flexibility index (Phi) is 5.77. The Bertz CT molecular complexity index is 763. The average Bonchev–Trinajstić information content (AvgIpc) is 3.20. The number of benzene rings is 1. The predicted octanol–water partition coefficient (Wildman–Crippen LogP) is 2.74. The first-order chi connectivity index (χ1) is 12.5. The van der Waals surface area contributed by atoms with E-state index in [0.717, 1.165) is 43.7 Å². The fraction of sp³-hybridized carbons (Fsp3) is 0.524. The summed E-state index contributed by atoms with van der Waals surface area (Å²) in [5.74, 6) is 0.225. The Morgan fingerprint density at radius 2 is 1.96 bits per heavy atom. The van der Waals surface area contributed by atoms with Crippen LogP contribution in [0.2, 0.25) is 0 Å². The van der Waals surface area contributed by atoms with E-state index in [1.165, 1.54) is 16.7 Å². The molecule has 140 valence electrons. The van der Waals surface area contributed by atoms with Gasteiger partial charge in [-0.15, -0.1) is 0 Å². The molecule has 1 aliphatic heterocycles. The van der Waals surface area contributed by atoms with Gasteiger partial charge in [0.2, 0.25) is 5.91 Å². The quantitative estimate of drug-likeness (QED) is 0.867. The van der Waals surface area contributed by atoms with Gasteiger partial charge in [0.15, 0.2) is 0 Å². The summed E-state index contributed by atoms with van der Waals surface area (Å²) in [5.41, 5.74) is 11.7. The maximum absolute atomic E-state index is 12.6. The SMILES string of the molecule is Cc1ccc(Cn2nc(C)c(CCC(=O)N3CCC[C@H]3CN)c2C)cc1. The average molecular weight is 354 g/mol. The van der Waals surface area contributed by atoms with Crippen molar-refractivity contribution in [3.8, 4) is 0 Å². The van der Waals surface area contributed by atoms with Crippen LogP contribution in [0, 0.1) is 20.8 Å². The molecule has 0 saturated carbocycles. The van der Waals surface area contributed by atoms with E-state index >= 15 is 0 Å². The second-order valence-corrected chi connectivity index (χ2v) is 7.41. The maximum Gasteiger partial charge on any atom is 0.223 e. The number of nitrogens with two attached hydrogens (primary N) is 1. The minimum absolute atomic E-state index is 0.225. The van der Waals surface area contributed by atoms with Crippen LogP contribution in [0.5, 0.6) is 0 Å². The number of rotatable bonds is 6. The lowest BCUT2D eigenvalue weighted by atomic mass is 10.1. The number of amides is 1. The second kappa shape index (κ2) is 8.04. The van der Waals surface area contributed by atoms with Gasteiger partial charge in [-0.25, -0.2) is 0 Å². The smallest absolute Gasteiger partial charge is 0.223 e. The normalized spacial score (nSPS) is 17.1. The summed E-state index contributed by atoms with van der Waals surface area (Å²) in [6.45, 7) is 8.42. The number of nitrogens with zero attached hydrogens (tertiary/aromatic N) is 3. The van der Waals surface area contributed by atoms with Gasteiger partial charge in [0.05, 0.1) is 12.2 Å². The summed E-state index contributed by atoms with van der Waals surface area (Å²) < 4.78 is 2.05. The summed E-state index contributed by atoms with van der Waals surface area (Å²) in [7, 11) is 0. The topological polar surface area (TPSA) is 64.2 Å². The van der Waals surface area contributed by atoms with Crippen molar-refractivity contribution in [2.24, 2.45) is 5.73 Å². The van der Waals surface area contributed by atoms with Gasteiger partial charge in [-0.1, -0.05) is 29.8 Å². The van der Waals surface area contributed by atoms with E-state index in [0.29, 0.717) is 13.0 Å². The predicted molar refractivity (Wildman–Crippen MR) is 104 cm³/mol. The summed E-state index contributed by atoms with van der Waals surface area (Å²) in [6.07, 6.45) is 3.39. The van der Waals surface area contributed by atoms with Gasteiger partial charge in [-0.3, -0.25) is 9.48 Å². The third kappa shape index (κ3) is 3.98. The molecular weight excluding hydrogens is 324 g/mol. The number of aryl methyl sites for hydroxylation is 2. The minimum Gasteiger partial charge on any atom is -0.338 e. The molecule has 1 aliphatic rings. The molecule has 1 aromatic carbocycles.